The SMILES string of the molecule is COc1cccc(-c2nnc(CNCCc3ccccc3OC)o2)c1. The molecule has 1 aromatic heterocycles. The molecule has 0 fully saturated rings. The Balaban J connectivity index is 1.53. The lowest BCUT2D eigenvalue weighted by Gasteiger charge is -2.08. The standard InChI is InChI=1S/C19H21N3O3/c1-23-16-8-5-7-15(12-16)19-22-21-18(25-19)13-20-11-10-14-6-3-4-9-17(14)24-2/h3-9,12,20H,10-11,13H2,1-2H3. The Labute approximate surface area is 146 Å². The minimum Gasteiger partial charge on any atom is -0.497 e. The van der Waals surface area contributed by atoms with E-state index in [2.05, 4.69) is 21.6 Å². The highest BCUT2D eigenvalue weighted by molar-refractivity contribution is 5.55. The van der Waals surface area contributed by atoms with Crippen LogP contribution in [-0.4, -0.2) is 31.0 Å². The fourth-order valence-electron chi connectivity index (χ4n) is 2.53. The number of hydrogen-bond acceptors (Lipinski definition) is 6. The van der Waals surface area contributed by atoms with Crippen molar-refractivity contribution in [3.8, 4) is 23.0 Å². The maximum atomic E-state index is 5.70. The van der Waals surface area contributed by atoms with Crippen molar-refractivity contribution < 1.29 is 13.9 Å². The second kappa shape index (κ2) is 8.30. The summed E-state index contributed by atoms with van der Waals surface area (Å²) in [5.74, 6) is 2.70. The first-order valence-electron chi connectivity index (χ1n) is 8.09. The lowest BCUT2D eigenvalue weighted by Crippen LogP contribution is -2.17. The number of rotatable bonds is 8. The molecule has 25 heavy (non-hydrogen) atoms. The number of aromatic nitrogens is 2. The van der Waals surface area contributed by atoms with Crippen molar-refractivity contribution in [1.29, 1.82) is 0 Å². The molecule has 3 aromatic rings. The van der Waals surface area contributed by atoms with E-state index in [-0.39, 0.29) is 0 Å². The Morgan fingerprint density at radius 3 is 2.72 bits per heavy atom. The second-order valence-corrected chi connectivity index (χ2v) is 5.47. The highest BCUT2D eigenvalue weighted by Gasteiger charge is 2.09. The van der Waals surface area contributed by atoms with Crippen LogP contribution in [0, 0.1) is 0 Å². The molecule has 0 atom stereocenters. The summed E-state index contributed by atoms with van der Waals surface area (Å²) in [5, 5.41) is 11.5. The van der Waals surface area contributed by atoms with E-state index in [0.717, 1.165) is 30.0 Å². The van der Waals surface area contributed by atoms with Crippen LogP contribution >= 0.6 is 0 Å². The highest BCUT2D eigenvalue weighted by Crippen LogP contribution is 2.22. The lowest BCUT2D eigenvalue weighted by atomic mass is 10.1. The van der Waals surface area contributed by atoms with Crippen molar-refractivity contribution in [1.82, 2.24) is 15.5 Å². The molecule has 6 heteroatoms. The summed E-state index contributed by atoms with van der Waals surface area (Å²) in [6.07, 6.45) is 0.862. The van der Waals surface area contributed by atoms with E-state index < -0.39 is 0 Å². The van der Waals surface area contributed by atoms with E-state index in [4.69, 9.17) is 13.9 Å². The van der Waals surface area contributed by atoms with Crippen LogP contribution in [0.3, 0.4) is 0 Å². The summed E-state index contributed by atoms with van der Waals surface area (Å²) in [7, 11) is 3.31. The number of nitrogens with one attached hydrogen (secondary N) is 1. The summed E-state index contributed by atoms with van der Waals surface area (Å²) in [5.41, 5.74) is 2.01. The first-order chi connectivity index (χ1) is 12.3. The topological polar surface area (TPSA) is 69.4 Å². The monoisotopic (exact) mass is 339 g/mol. The van der Waals surface area contributed by atoms with Gasteiger partial charge >= 0.3 is 0 Å². The molecule has 6 nitrogen and oxygen atoms in total. The molecule has 0 aliphatic carbocycles. The van der Waals surface area contributed by atoms with E-state index in [1.807, 2.05) is 42.5 Å². The van der Waals surface area contributed by atoms with Gasteiger partial charge in [0.1, 0.15) is 11.5 Å². The van der Waals surface area contributed by atoms with Crippen molar-refractivity contribution in [3.63, 3.8) is 0 Å². The molecule has 1 heterocycles. The predicted molar refractivity (Wildman–Crippen MR) is 94.7 cm³/mol. The van der Waals surface area contributed by atoms with Gasteiger partial charge in [-0.3, -0.25) is 0 Å². The average molecular weight is 339 g/mol. The van der Waals surface area contributed by atoms with Crippen LogP contribution in [0.5, 0.6) is 11.5 Å². The van der Waals surface area contributed by atoms with Crippen molar-refractivity contribution in [2.75, 3.05) is 20.8 Å². The van der Waals surface area contributed by atoms with E-state index in [1.54, 1.807) is 14.2 Å². The Morgan fingerprint density at radius 2 is 1.88 bits per heavy atom. The molecular weight excluding hydrogens is 318 g/mol. The average Bonchev–Trinajstić information content (AvgIpc) is 3.14. The molecular formula is C19H21N3O3. The second-order valence-electron chi connectivity index (χ2n) is 5.47. The van der Waals surface area contributed by atoms with Gasteiger partial charge in [-0.05, 0) is 42.8 Å². The normalized spacial score (nSPS) is 10.6. The number of benzene rings is 2. The number of nitrogens with zero attached hydrogens (tertiary/aromatic N) is 2. The van der Waals surface area contributed by atoms with Gasteiger partial charge in [0.15, 0.2) is 0 Å². The van der Waals surface area contributed by atoms with Gasteiger partial charge in [0.25, 0.3) is 0 Å². The fourth-order valence-corrected chi connectivity index (χ4v) is 2.53. The van der Waals surface area contributed by atoms with Gasteiger partial charge in [-0.1, -0.05) is 24.3 Å². The summed E-state index contributed by atoms with van der Waals surface area (Å²) >= 11 is 0. The quantitative estimate of drug-likeness (QED) is 0.636. The summed E-state index contributed by atoms with van der Waals surface area (Å²) in [6.45, 7) is 1.31. The highest BCUT2D eigenvalue weighted by atomic mass is 16.5. The first-order valence-corrected chi connectivity index (χ1v) is 8.09. The maximum absolute atomic E-state index is 5.70. The Hall–Kier alpha value is -2.86. The van der Waals surface area contributed by atoms with E-state index in [9.17, 15) is 0 Å². The van der Waals surface area contributed by atoms with E-state index in [1.165, 1.54) is 5.56 Å². The van der Waals surface area contributed by atoms with Gasteiger partial charge in [-0.15, -0.1) is 10.2 Å². The lowest BCUT2D eigenvalue weighted by molar-refractivity contribution is 0.408. The van der Waals surface area contributed by atoms with Gasteiger partial charge in [0.05, 0.1) is 20.8 Å². The fraction of sp³-hybridized carbons (Fsp3) is 0.263. The van der Waals surface area contributed by atoms with Gasteiger partial charge in [0.2, 0.25) is 11.8 Å². The molecule has 3 rings (SSSR count). The minimum absolute atomic E-state index is 0.487. The Kier molecular flexibility index (Phi) is 5.64. The van der Waals surface area contributed by atoms with Gasteiger partial charge in [0, 0.05) is 5.56 Å². The molecule has 0 aliphatic rings. The predicted octanol–water partition coefficient (Wildman–Crippen LogP) is 3.09. The molecule has 0 saturated carbocycles. The third-order valence-corrected chi connectivity index (χ3v) is 3.82. The molecule has 0 spiro atoms. The smallest absolute Gasteiger partial charge is 0.247 e. The van der Waals surface area contributed by atoms with Crippen LogP contribution < -0.4 is 14.8 Å². The molecule has 0 radical (unpaired) electrons. The van der Waals surface area contributed by atoms with Crippen LogP contribution in [-0.2, 0) is 13.0 Å². The first kappa shape index (κ1) is 17.0. The Bertz CT molecular complexity index is 817. The minimum atomic E-state index is 0.487. The van der Waals surface area contributed by atoms with Gasteiger partial charge in [-0.2, -0.15) is 0 Å². The van der Waals surface area contributed by atoms with Crippen LogP contribution in [0.15, 0.2) is 52.9 Å². The summed E-state index contributed by atoms with van der Waals surface area (Å²) in [6, 6.07) is 15.6. The largest absolute Gasteiger partial charge is 0.497 e. The van der Waals surface area contributed by atoms with Crippen LogP contribution in [0.2, 0.25) is 0 Å². The molecule has 2 aromatic carbocycles. The third-order valence-electron chi connectivity index (χ3n) is 3.82. The zero-order valence-electron chi connectivity index (χ0n) is 14.4. The van der Waals surface area contributed by atoms with Crippen LogP contribution in [0.25, 0.3) is 11.5 Å². The van der Waals surface area contributed by atoms with Gasteiger partial charge in [-0.25, -0.2) is 0 Å². The zero-order chi connectivity index (χ0) is 17.5. The van der Waals surface area contributed by atoms with Gasteiger partial charge < -0.3 is 19.2 Å². The molecule has 0 amide bonds. The molecule has 0 unspecified atom stereocenters. The van der Waals surface area contributed by atoms with Crippen molar-refractivity contribution in [2.45, 2.75) is 13.0 Å². The van der Waals surface area contributed by atoms with Crippen LogP contribution in [0.1, 0.15) is 11.5 Å². The zero-order valence-corrected chi connectivity index (χ0v) is 14.4. The molecule has 0 aliphatic heterocycles. The van der Waals surface area contributed by atoms with E-state index >= 15 is 0 Å². The molecule has 1 N–H and O–H groups in total. The van der Waals surface area contributed by atoms with Crippen molar-refractivity contribution in [2.24, 2.45) is 0 Å². The molecule has 130 valence electrons. The Morgan fingerprint density at radius 1 is 1.00 bits per heavy atom. The summed E-state index contributed by atoms with van der Waals surface area (Å²) in [4.78, 5) is 0. The number of hydrogen-bond donors (Lipinski definition) is 1. The van der Waals surface area contributed by atoms with E-state index in [0.29, 0.717) is 18.3 Å². The third kappa shape index (κ3) is 4.36. The summed E-state index contributed by atoms with van der Waals surface area (Å²) < 4.78 is 16.3. The van der Waals surface area contributed by atoms with Crippen molar-refractivity contribution in [3.05, 3.63) is 60.0 Å². The van der Waals surface area contributed by atoms with Crippen molar-refractivity contribution >= 4 is 0 Å². The number of methoxy groups -OCH3 is 2. The number of para-hydroxylation sites is 1. The van der Waals surface area contributed by atoms with Crippen LogP contribution in [0.4, 0.5) is 0 Å². The maximum Gasteiger partial charge on any atom is 0.247 e. The molecule has 0 saturated heterocycles. The number of ether oxygens (including phenoxy) is 2. The molecule has 0 bridgehead atoms.